The van der Waals surface area contributed by atoms with Crippen LogP contribution >= 0.6 is 0 Å². The molecule has 2 aliphatic rings. The summed E-state index contributed by atoms with van der Waals surface area (Å²) < 4.78 is 10.1. The Morgan fingerprint density at radius 2 is 1.73 bits per heavy atom. The zero-order valence-corrected chi connectivity index (χ0v) is 24.0. The molecule has 14 nitrogen and oxygen atoms in total. The number of β-amino-alcohol motifs (C(OH)–C–C–N with tert-alkyl or cyclic N) is 1. The van der Waals surface area contributed by atoms with Crippen LogP contribution in [0.25, 0.3) is 0 Å². The van der Waals surface area contributed by atoms with Gasteiger partial charge in [0.25, 0.3) is 0 Å². The Balaban J connectivity index is 2.05. The summed E-state index contributed by atoms with van der Waals surface area (Å²) in [5.41, 5.74) is -0.735. The fraction of sp³-hybridized carbons (Fsp3) is 0.846. The van der Waals surface area contributed by atoms with Crippen LogP contribution in [0.3, 0.4) is 0 Å². The van der Waals surface area contributed by atoms with Gasteiger partial charge in [-0.05, 0) is 66.3 Å². The highest BCUT2D eigenvalue weighted by Gasteiger charge is 2.41. The molecule has 0 saturated carbocycles. The number of methoxy groups -OCH3 is 1. The molecule has 2 heterocycles. The molecule has 0 unspecified atom stereocenters. The molecule has 0 aromatic heterocycles. The van der Waals surface area contributed by atoms with Crippen molar-refractivity contribution in [1.29, 1.82) is 0 Å². The SMILES string of the molecule is COC(=O)[C@H](C)NC(=O)[C@H](CCCCN1C[C@H](O)[C@@H](O)[C@@H](O)[C@H]1CO)NC(=O)[C@@H]1CCCN1C(=O)OC(C)(C)C. The smallest absolute Gasteiger partial charge is 0.410 e. The summed E-state index contributed by atoms with van der Waals surface area (Å²) in [7, 11) is 1.20. The molecule has 2 fully saturated rings. The van der Waals surface area contributed by atoms with Gasteiger partial charge in [0.2, 0.25) is 11.8 Å². The fourth-order valence-corrected chi connectivity index (χ4v) is 4.96. The molecule has 6 N–H and O–H groups in total. The average molecular weight is 575 g/mol. The lowest BCUT2D eigenvalue weighted by molar-refractivity contribution is -0.145. The Hall–Kier alpha value is -2.52. The number of nitrogens with one attached hydrogen (secondary N) is 2. The van der Waals surface area contributed by atoms with E-state index in [0.29, 0.717) is 38.8 Å². The molecule has 3 amide bonds. The maximum Gasteiger partial charge on any atom is 0.410 e. The van der Waals surface area contributed by atoms with Crippen LogP contribution in [0.15, 0.2) is 0 Å². The summed E-state index contributed by atoms with van der Waals surface area (Å²) in [6, 6.07) is -3.53. The van der Waals surface area contributed by atoms with Crippen molar-refractivity contribution < 1.29 is 49.1 Å². The second-order valence-corrected chi connectivity index (χ2v) is 11.4. The van der Waals surface area contributed by atoms with E-state index in [-0.39, 0.29) is 13.0 Å². The van der Waals surface area contributed by atoms with Crippen LogP contribution in [-0.4, -0.2) is 136 Å². The van der Waals surface area contributed by atoms with Crippen LogP contribution in [0.4, 0.5) is 4.79 Å². The van der Waals surface area contributed by atoms with Crippen molar-refractivity contribution >= 4 is 23.9 Å². The molecule has 2 aliphatic heterocycles. The molecule has 7 atom stereocenters. The van der Waals surface area contributed by atoms with Crippen molar-refractivity contribution in [2.75, 3.05) is 33.4 Å². The van der Waals surface area contributed by atoms with Crippen LogP contribution in [0.5, 0.6) is 0 Å². The highest BCUT2D eigenvalue weighted by Crippen LogP contribution is 2.22. The van der Waals surface area contributed by atoms with Gasteiger partial charge in [-0.15, -0.1) is 0 Å². The number of esters is 1. The van der Waals surface area contributed by atoms with Crippen LogP contribution in [0.1, 0.15) is 59.8 Å². The molecule has 0 aromatic rings. The van der Waals surface area contributed by atoms with Crippen LogP contribution in [0, 0.1) is 0 Å². The van der Waals surface area contributed by atoms with Gasteiger partial charge in [0.15, 0.2) is 0 Å². The molecular formula is C26H46N4O10. The van der Waals surface area contributed by atoms with E-state index in [1.54, 1.807) is 25.7 Å². The number of rotatable bonds is 11. The molecule has 2 rings (SSSR count). The van der Waals surface area contributed by atoms with Crippen molar-refractivity contribution in [3.8, 4) is 0 Å². The molecule has 14 heteroatoms. The summed E-state index contributed by atoms with van der Waals surface area (Å²) >= 11 is 0. The number of hydrogen-bond acceptors (Lipinski definition) is 11. The zero-order chi connectivity index (χ0) is 30.2. The predicted octanol–water partition coefficient (Wildman–Crippen LogP) is -1.52. The summed E-state index contributed by atoms with van der Waals surface area (Å²) in [4.78, 5) is 53.8. The van der Waals surface area contributed by atoms with Crippen LogP contribution < -0.4 is 10.6 Å². The topological polar surface area (TPSA) is 198 Å². The minimum Gasteiger partial charge on any atom is -0.467 e. The van der Waals surface area contributed by atoms with Gasteiger partial charge in [-0.1, -0.05) is 0 Å². The second-order valence-electron chi connectivity index (χ2n) is 11.4. The molecule has 40 heavy (non-hydrogen) atoms. The number of ether oxygens (including phenoxy) is 2. The summed E-state index contributed by atoms with van der Waals surface area (Å²) in [5.74, 6) is -1.75. The zero-order valence-electron chi connectivity index (χ0n) is 24.0. The molecule has 230 valence electrons. The van der Waals surface area contributed by atoms with E-state index in [0.717, 1.165) is 0 Å². The third kappa shape index (κ3) is 9.26. The Bertz CT molecular complexity index is 882. The van der Waals surface area contributed by atoms with Gasteiger partial charge < -0.3 is 40.5 Å². The second kappa shape index (κ2) is 14.9. The van der Waals surface area contributed by atoms with Crippen molar-refractivity contribution in [2.24, 2.45) is 0 Å². The van der Waals surface area contributed by atoms with E-state index >= 15 is 0 Å². The number of carbonyl (C=O) groups excluding carboxylic acids is 4. The number of carbonyl (C=O) groups is 4. The summed E-state index contributed by atoms with van der Waals surface area (Å²) in [5, 5.41) is 45.0. The molecule has 0 bridgehead atoms. The molecular weight excluding hydrogens is 528 g/mol. The van der Waals surface area contributed by atoms with Crippen molar-refractivity contribution in [1.82, 2.24) is 20.4 Å². The first kappa shape index (κ1) is 33.7. The minimum absolute atomic E-state index is 0.0585. The van der Waals surface area contributed by atoms with Crippen molar-refractivity contribution in [2.45, 2.75) is 108 Å². The summed E-state index contributed by atoms with van der Waals surface area (Å²) in [6.07, 6.45) is -2.35. The number of unbranched alkanes of at least 4 members (excludes halogenated alkanes) is 1. The van der Waals surface area contributed by atoms with Gasteiger partial charge in [-0.25, -0.2) is 9.59 Å². The molecule has 0 aromatic carbocycles. The lowest BCUT2D eigenvalue weighted by Crippen LogP contribution is -2.62. The number of aliphatic hydroxyl groups is 4. The average Bonchev–Trinajstić information content (AvgIpc) is 3.38. The normalized spacial score (nSPS) is 27.0. The minimum atomic E-state index is -1.36. The molecule has 0 spiro atoms. The highest BCUT2D eigenvalue weighted by atomic mass is 16.6. The van der Waals surface area contributed by atoms with E-state index in [2.05, 4.69) is 15.4 Å². The van der Waals surface area contributed by atoms with Gasteiger partial charge in [-0.2, -0.15) is 0 Å². The molecule has 0 radical (unpaired) electrons. The third-order valence-corrected chi connectivity index (χ3v) is 7.13. The molecule has 2 saturated heterocycles. The fourth-order valence-electron chi connectivity index (χ4n) is 4.96. The van der Waals surface area contributed by atoms with Crippen molar-refractivity contribution in [3.63, 3.8) is 0 Å². The predicted molar refractivity (Wildman–Crippen MR) is 142 cm³/mol. The van der Waals surface area contributed by atoms with Crippen LogP contribution in [-0.2, 0) is 23.9 Å². The first-order valence-electron chi connectivity index (χ1n) is 13.8. The van der Waals surface area contributed by atoms with E-state index in [1.165, 1.54) is 18.9 Å². The highest BCUT2D eigenvalue weighted by molar-refractivity contribution is 5.93. The number of likely N-dealkylation sites (tertiary alicyclic amines) is 2. The van der Waals surface area contributed by atoms with Gasteiger partial charge in [-0.3, -0.25) is 19.4 Å². The van der Waals surface area contributed by atoms with Gasteiger partial charge in [0, 0.05) is 13.1 Å². The lowest BCUT2D eigenvalue weighted by atomic mass is 9.94. The largest absolute Gasteiger partial charge is 0.467 e. The Kier molecular flexibility index (Phi) is 12.6. The Labute approximate surface area is 235 Å². The van der Waals surface area contributed by atoms with Gasteiger partial charge in [0.05, 0.1) is 25.9 Å². The van der Waals surface area contributed by atoms with E-state index in [9.17, 15) is 39.6 Å². The maximum atomic E-state index is 13.2. The monoisotopic (exact) mass is 574 g/mol. The molecule has 0 aliphatic carbocycles. The van der Waals surface area contributed by atoms with Crippen molar-refractivity contribution in [3.05, 3.63) is 0 Å². The standard InChI is InChI=1S/C26H46N4O10/c1-15(24(37)39-5)27-22(35)16(9-6-7-11-29-13-19(32)21(34)20(33)18(29)14-31)28-23(36)17-10-8-12-30(17)25(38)40-26(2,3)4/h15-21,31-34H,6-14H2,1-5H3,(H,27,35)(H,28,36)/t15-,16-,17-,18+,19-,20-,21+/m0/s1. The number of amides is 3. The number of nitrogens with zero attached hydrogens (tertiary/aromatic N) is 2. The van der Waals surface area contributed by atoms with Gasteiger partial charge >= 0.3 is 12.1 Å². The Morgan fingerprint density at radius 1 is 1.05 bits per heavy atom. The number of hydrogen-bond donors (Lipinski definition) is 6. The van der Waals surface area contributed by atoms with E-state index in [4.69, 9.17) is 4.74 Å². The quantitative estimate of drug-likeness (QED) is 0.124. The Morgan fingerprint density at radius 3 is 2.33 bits per heavy atom. The number of piperidine rings is 1. The number of aliphatic hydroxyl groups excluding tert-OH is 4. The maximum absolute atomic E-state index is 13.2. The third-order valence-electron chi connectivity index (χ3n) is 7.13. The van der Waals surface area contributed by atoms with Crippen LogP contribution in [0.2, 0.25) is 0 Å². The van der Waals surface area contributed by atoms with E-state index < -0.39 is 78.6 Å². The first-order chi connectivity index (χ1) is 18.7. The summed E-state index contributed by atoms with van der Waals surface area (Å²) in [6.45, 7) is 6.99. The lowest BCUT2D eigenvalue weighted by Gasteiger charge is -2.43. The first-order valence-corrected chi connectivity index (χ1v) is 13.8. The van der Waals surface area contributed by atoms with E-state index in [1.807, 2.05) is 0 Å². The van der Waals surface area contributed by atoms with Gasteiger partial charge in [0.1, 0.15) is 35.9 Å².